The molecule has 5 heteroatoms. The molecule has 1 N–H and O–H groups in total. The summed E-state index contributed by atoms with van der Waals surface area (Å²) in [4.78, 5) is 5.48. The van der Waals surface area contributed by atoms with Crippen molar-refractivity contribution < 1.29 is 4.74 Å². The van der Waals surface area contributed by atoms with Crippen molar-refractivity contribution >= 4 is 16.3 Å². The van der Waals surface area contributed by atoms with Crippen molar-refractivity contribution in [3.05, 3.63) is 52.7 Å². The first kappa shape index (κ1) is 12.9. The zero-order valence-corrected chi connectivity index (χ0v) is 12.7. The minimum atomic E-state index is 0.497. The second kappa shape index (κ2) is 5.16. The first-order valence-electron chi connectivity index (χ1n) is 7.13. The molecule has 108 valence electrons. The maximum Gasteiger partial charge on any atom is 0.237 e. The van der Waals surface area contributed by atoms with Gasteiger partial charge in [0.2, 0.25) is 5.88 Å². The Hall–Kier alpha value is -1.85. The van der Waals surface area contributed by atoms with Crippen molar-refractivity contribution in [2.24, 2.45) is 0 Å². The molecule has 0 fully saturated rings. The number of fused-ring (bicyclic) bond motifs is 2. The van der Waals surface area contributed by atoms with Crippen molar-refractivity contribution in [2.45, 2.75) is 25.4 Å². The molecule has 0 unspecified atom stereocenters. The minimum Gasteiger partial charge on any atom is -0.480 e. The number of aromatic nitrogens is 2. The van der Waals surface area contributed by atoms with Crippen LogP contribution in [-0.2, 0) is 19.4 Å². The lowest BCUT2D eigenvalue weighted by Crippen LogP contribution is -2.29. The third-order valence-electron chi connectivity index (χ3n) is 4.13. The number of nitrogens with zero attached hydrogens (tertiary/aromatic N) is 2. The Balaban J connectivity index is 1.51. The number of benzene rings is 1. The summed E-state index contributed by atoms with van der Waals surface area (Å²) in [6.45, 7) is 0.778. The van der Waals surface area contributed by atoms with E-state index in [-0.39, 0.29) is 0 Å². The van der Waals surface area contributed by atoms with E-state index in [0.717, 1.165) is 35.9 Å². The molecule has 4 nitrogen and oxygen atoms in total. The van der Waals surface area contributed by atoms with E-state index in [2.05, 4.69) is 50.5 Å². The zero-order chi connectivity index (χ0) is 14.2. The van der Waals surface area contributed by atoms with Gasteiger partial charge >= 0.3 is 0 Å². The van der Waals surface area contributed by atoms with E-state index < -0.39 is 0 Å². The van der Waals surface area contributed by atoms with Crippen molar-refractivity contribution in [1.82, 2.24) is 14.7 Å². The molecule has 0 saturated heterocycles. The van der Waals surface area contributed by atoms with Gasteiger partial charge in [0.25, 0.3) is 0 Å². The second-order valence-corrected chi connectivity index (χ2v) is 6.25. The van der Waals surface area contributed by atoms with E-state index in [1.165, 1.54) is 11.1 Å². The lowest BCUT2D eigenvalue weighted by Gasteiger charge is -2.12. The average molecular weight is 299 g/mol. The Labute approximate surface area is 127 Å². The molecule has 1 aliphatic carbocycles. The molecule has 1 aliphatic rings. The van der Waals surface area contributed by atoms with Crippen LogP contribution in [0.1, 0.15) is 16.8 Å². The number of rotatable bonds is 4. The predicted octanol–water partition coefficient (Wildman–Crippen LogP) is 2.66. The largest absolute Gasteiger partial charge is 0.480 e. The molecule has 3 aromatic rings. The molecule has 2 heterocycles. The summed E-state index contributed by atoms with van der Waals surface area (Å²) in [5.74, 6) is 0.727. The van der Waals surface area contributed by atoms with Crippen LogP contribution in [0.4, 0.5) is 0 Å². The van der Waals surface area contributed by atoms with Crippen LogP contribution in [0, 0.1) is 0 Å². The number of ether oxygens (including phenoxy) is 1. The minimum absolute atomic E-state index is 0.497. The van der Waals surface area contributed by atoms with Crippen LogP contribution >= 0.6 is 11.3 Å². The molecule has 0 bridgehead atoms. The van der Waals surface area contributed by atoms with Crippen LogP contribution in [-0.4, -0.2) is 22.5 Å². The van der Waals surface area contributed by atoms with Crippen molar-refractivity contribution in [2.75, 3.05) is 7.11 Å². The summed E-state index contributed by atoms with van der Waals surface area (Å²) in [6.07, 6.45) is 4.25. The molecule has 4 rings (SSSR count). The van der Waals surface area contributed by atoms with Gasteiger partial charge in [-0.1, -0.05) is 24.3 Å². The summed E-state index contributed by atoms with van der Waals surface area (Å²) in [7, 11) is 1.68. The van der Waals surface area contributed by atoms with Crippen LogP contribution in [0.5, 0.6) is 5.88 Å². The van der Waals surface area contributed by atoms with Gasteiger partial charge in [-0.05, 0) is 24.0 Å². The standard InChI is InChI=1S/C16H17N3OS/c1-20-15-14(19-6-7-21-16(19)18-15)10-17-13-8-11-4-2-3-5-12(11)9-13/h2-7,13,17H,8-10H2,1H3. The van der Waals surface area contributed by atoms with E-state index in [9.17, 15) is 0 Å². The zero-order valence-electron chi connectivity index (χ0n) is 11.9. The fourth-order valence-electron chi connectivity index (χ4n) is 3.08. The SMILES string of the molecule is COc1nc2sccn2c1CNC1Cc2ccccc2C1. The fraction of sp³-hybridized carbons (Fsp3) is 0.312. The Bertz CT molecular complexity index is 752. The number of hydrogen-bond acceptors (Lipinski definition) is 4. The van der Waals surface area contributed by atoms with Gasteiger partial charge < -0.3 is 10.1 Å². The molecule has 21 heavy (non-hydrogen) atoms. The number of imidazole rings is 1. The van der Waals surface area contributed by atoms with Gasteiger partial charge in [0.15, 0.2) is 4.96 Å². The normalized spacial score (nSPS) is 14.7. The topological polar surface area (TPSA) is 38.6 Å². The van der Waals surface area contributed by atoms with Crippen molar-refractivity contribution in [1.29, 1.82) is 0 Å². The van der Waals surface area contributed by atoms with E-state index in [1.54, 1.807) is 18.4 Å². The molecule has 0 saturated carbocycles. The van der Waals surface area contributed by atoms with Gasteiger partial charge in [0.05, 0.1) is 7.11 Å². The molecule has 0 spiro atoms. The van der Waals surface area contributed by atoms with Gasteiger partial charge in [-0.15, -0.1) is 11.3 Å². The van der Waals surface area contributed by atoms with E-state index >= 15 is 0 Å². The van der Waals surface area contributed by atoms with Gasteiger partial charge in [-0.3, -0.25) is 4.40 Å². The molecule has 0 atom stereocenters. The smallest absolute Gasteiger partial charge is 0.237 e. The van der Waals surface area contributed by atoms with Gasteiger partial charge in [0, 0.05) is 24.2 Å². The highest BCUT2D eigenvalue weighted by Gasteiger charge is 2.22. The number of methoxy groups -OCH3 is 1. The summed E-state index contributed by atoms with van der Waals surface area (Å²) in [6, 6.07) is 9.20. The van der Waals surface area contributed by atoms with Gasteiger partial charge in [0.1, 0.15) is 5.69 Å². The number of hydrogen-bond donors (Lipinski definition) is 1. The summed E-state index contributed by atoms with van der Waals surface area (Å²) in [5.41, 5.74) is 4.04. The highest BCUT2D eigenvalue weighted by molar-refractivity contribution is 7.15. The van der Waals surface area contributed by atoms with E-state index in [1.807, 2.05) is 0 Å². The van der Waals surface area contributed by atoms with E-state index in [0.29, 0.717) is 6.04 Å². The van der Waals surface area contributed by atoms with Crippen LogP contribution < -0.4 is 10.1 Å². The highest BCUT2D eigenvalue weighted by atomic mass is 32.1. The van der Waals surface area contributed by atoms with Crippen LogP contribution in [0.2, 0.25) is 0 Å². The molecular weight excluding hydrogens is 282 g/mol. The van der Waals surface area contributed by atoms with Crippen molar-refractivity contribution in [3.8, 4) is 5.88 Å². The molecule has 0 aliphatic heterocycles. The Morgan fingerprint density at radius 2 is 2.10 bits per heavy atom. The summed E-state index contributed by atoms with van der Waals surface area (Å²) < 4.78 is 7.51. The highest BCUT2D eigenvalue weighted by Crippen LogP contribution is 2.25. The Kier molecular flexibility index (Phi) is 3.16. The molecule has 0 radical (unpaired) electrons. The maximum absolute atomic E-state index is 5.40. The van der Waals surface area contributed by atoms with E-state index in [4.69, 9.17) is 4.74 Å². The Morgan fingerprint density at radius 1 is 1.33 bits per heavy atom. The third-order valence-corrected chi connectivity index (χ3v) is 4.88. The number of thiazole rings is 1. The van der Waals surface area contributed by atoms with Gasteiger partial charge in [-0.25, -0.2) is 0 Å². The second-order valence-electron chi connectivity index (χ2n) is 5.38. The monoisotopic (exact) mass is 299 g/mol. The number of nitrogens with one attached hydrogen (secondary N) is 1. The third kappa shape index (κ3) is 2.22. The van der Waals surface area contributed by atoms with Crippen molar-refractivity contribution in [3.63, 3.8) is 0 Å². The summed E-state index contributed by atoms with van der Waals surface area (Å²) >= 11 is 1.63. The van der Waals surface area contributed by atoms with Crippen LogP contribution in [0.3, 0.4) is 0 Å². The maximum atomic E-state index is 5.40. The summed E-state index contributed by atoms with van der Waals surface area (Å²) in [5, 5.41) is 5.70. The fourth-order valence-corrected chi connectivity index (χ4v) is 3.81. The molecule has 2 aromatic heterocycles. The lowest BCUT2D eigenvalue weighted by atomic mass is 10.1. The average Bonchev–Trinajstić information content (AvgIpc) is 3.18. The lowest BCUT2D eigenvalue weighted by molar-refractivity contribution is 0.390. The first-order valence-corrected chi connectivity index (χ1v) is 8.01. The molecule has 0 amide bonds. The van der Waals surface area contributed by atoms with Gasteiger partial charge in [-0.2, -0.15) is 4.98 Å². The predicted molar refractivity (Wildman–Crippen MR) is 84.1 cm³/mol. The molecule has 1 aromatic carbocycles. The quantitative estimate of drug-likeness (QED) is 0.805. The molecular formula is C16H17N3OS. The van der Waals surface area contributed by atoms with Crippen LogP contribution in [0.15, 0.2) is 35.8 Å². The first-order chi connectivity index (χ1) is 10.3. The Morgan fingerprint density at radius 3 is 2.81 bits per heavy atom. The van der Waals surface area contributed by atoms with Crippen LogP contribution in [0.25, 0.3) is 4.96 Å².